The predicted octanol–water partition coefficient (Wildman–Crippen LogP) is 2.59. The Bertz CT molecular complexity index is 681. The van der Waals surface area contributed by atoms with Gasteiger partial charge in [0.25, 0.3) is 0 Å². The van der Waals surface area contributed by atoms with Crippen LogP contribution in [0.5, 0.6) is 0 Å². The lowest BCUT2D eigenvalue weighted by Gasteiger charge is -2.16. The smallest absolute Gasteiger partial charge is 0.434 e. The van der Waals surface area contributed by atoms with Gasteiger partial charge in [-0.1, -0.05) is 13.8 Å². The van der Waals surface area contributed by atoms with Crippen molar-refractivity contribution in [2.75, 3.05) is 20.3 Å². The van der Waals surface area contributed by atoms with Crippen LogP contribution in [0.3, 0.4) is 0 Å². The highest BCUT2D eigenvalue weighted by atomic mass is 32.2. The van der Waals surface area contributed by atoms with Crippen LogP contribution in [0, 0.1) is 0 Å². The van der Waals surface area contributed by atoms with Crippen LogP contribution < -0.4 is 0 Å². The third-order valence-corrected chi connectivity index (χ3v) is 5.43. The molecule has 0 aromatic carbocycles. The molecule has 1 heterocycles. The summed E-state index contributed by atoms with van der Waals surface area (Å²) in [5.41, 5.74) is -0.0949. The van der Waals surface area contributed by atoms with Crippen LogP contribution in [0.2, 0.25) is 0 Å². The molecule has 8 nitrogen and oxygen atoms in total. The van der Waals surface area contributed by atoms with E-state index >= 15 is 0 Å². The molecule has 0 unspecified atom stereocenters. The summed E-state index contributed by atoms with van der Waals surface area (Å²) in [5, 5.41) is 1.88. The fourth-order valence-electron chi connectivity index (χ4n) is 1.75. The standard InChI is InChI=1S/C14H21NO7S2/c1-5-8-21-13(16)10-9-23-11(6-2)12(10)24(18,19)22-15(4)14(17)20-7-3/h9H,5-8H2,1-4H3. The number of carbonyl (C=O) groups is 2. The molecule has 24 heavy (non-hydrogen) atoms. The van der Waals surface area contributed by atoms with E-state index < -0.39 is 22.2 Å². The topological polar surface area (TPSA) is 99.2 Å². The summed E-state index contributed by atoms with van der Waals surface area (Å²) in [5.74, 6) is -0.742. The largest absolute Gasteiger partial charge is 0.462 e. The number of amides is 1. The lowest BCUT2D eigenvalue weighted by molar-refractivity contribution is -0.0207. The van der Waals surface area contributed by atoms with Crippen molar-refractivity contribution < 1.29 is 31.8 Å². The van der Waals surface area contributed by atoms with Gasteiger partial charge >= 0.3 is 22.2 Å². The van der Waals surface area contributed by atoms with Crippen molar-refractivity contribution in [3.8, 4) is 0 Å². The zero-order valence-corrected chi connectivity index (χ0v) is 15.7. The third kappa shape index (κ3) is 4.92. The van der Waals surface area contributed by atoms with Gasteiger partial charge in [0.2, 0.25) is 0 Å². The van der Waals surface area contributed by atoms with Crippen molar-refractivity contribution in [1.29, 1.82) is 0 Å². The molecule has 0 saturated heterocycles. The predicted molar refractivity (Wildman–Crippen MR) is 87.3 cm³/mol. The van der Waals surface area contributed by atoms with Gasteiger partial charge in [0.1, 0.15) is 4.90 Å². The van der Waals surface area contributed by atoms with Gasteiger partial charge in [-0.05, 0) is 19.8 Å². The summed E-state index contributed by atoms with van der Waals surface area (Å²) >= 11 is 1.12. The second-order valence-electron chi connectivity index (χ2n) is 4.62. The molecule has 1 aromatic rings. The van der Waals surface area contributed by atoms with Crippen molar-refractivity contribution in [3.05, 3.63) is 15.8 Å². The number of nitrogens with zero attached hydrogens (tertiary/aromatic N) is 1. The molecule has 0 N–H and O–H groups in total. The van der Waals surface area contributed by atoms with Gasteiger partial charge in [-0.3, -0.25) is 0 Å². The maximum Gasteiger partial charge on any atom is 0.434 e. The van der Waals surface area contributed by atoms with E-state index in [1.807, 2.05) is 6.92 Å². The molecule has 136 valence electrons. The highest BCUT2D eigenvalue weighted by Crippen LogP contribution is 2.30. The molecule has 0 aliphatic rings. The maximum atomic E-state index is 12.5. The molecule has 0 aliphatic heterocycles. The van der Waals surface area contributed by atoms with Crippen molar-refractivity contribution in [2.24, 2.45) is 0 Å². The Labute approximate surface area is 145 Å². The summed E-state index contributed by atoms with van der Waals surface area (Å²) in [6, 6.07) is 0. The first-order chi connectivity index (χ1) is 11.3. The minimum absolute atomic E-state index is 0.0693. The van der Waals surface area contributed by atoms with E-state index in [-0.39, 0.29) is 23.7 Å². The normalized spacial score (nSPS) is 11.2. The second kappa shape index (κ2) is 9.00. The minimum Gasteiger partial charge on any atom is -0.462 e. The number of rotatable bonds is 8. The van der Waals surface area contributed by atoms with E-state index in [2.05, 4.69) is 4.74 Å². The Morgan fingerprint density at radius 1 is 1.21 bits per heavy atom. The summed E-state index contributed by atoms with van der Waals surface area (Å²) in [4.78, 5) is 23.8. The number of esters is 1. The first kappa shape index (κ1) is 20.4. The summed E-state index contributed by atoms with van der Waals surface area (Å²) in [7, 11) is -3.27. The van der Waals surface area contributed by atoms with Crippen molar-refractivity contribution >= 4 is 33.5 Å². The SMILES string of the molecule is CCCOC(=O)c1csc(CC)c1S(=O)(=O)ON(C)C(=O)OCC. The molecule has 0 radical (unpaired) electrons. The van der Waals surface area contributed by atoms with Crippen LogP contribution in [-0.4, -0.2) is 45.8 Å². The minimum atomic E-state index is -4.39. The van der Waals surface area contributed by atoms with Gasteiger partial charge in [-0.2, -0.15) is 13.5 Å². The number of hydroxylamine groups is 2. The number of aryl methyl sites for hydroxylation is 1. The van der Waals surface area contributed by atoms with Gasteiger partial charge in [-0.25, -0.2) is 9.59 Å². The van der Waals surface area contributed by atoms with Gasteiger partial charge in [-0.15, -0.1) is 15.6 Å². The number of ether oxygens (including phenoxy) is 2. The van der Waals surface area contributed by atoms with Crippen LogP contribution in [-0.2, 0) is 30.3 Å². The Hall–Kier alpha value is -1.65. The zero-order valence-electron chi connectivity index (χ0n) is 14.0. The van der Waals surface area contributed by atoms with Gasteiger partial charge in [0, 0.05) is 17.3 Å². The zero-order chi connectivity index (χ0) is 18.3. The van der Waals surface area contributed by atoms with Crippen molar-refractivity contribution in [3.63, 3.8) is 0 Å². The molecule has 0 atom stereocenters. The lowest BCUT2D eigenvalue weighted by Crippen LogP contribution is -2.31. The number of thiophene rings is 1. The van der Waals surface area contributed by atoms with E-state index in [0.717, 1.165) is 18.4 Å². The van der Waals surface area contributed by atoms with E-state index in [1.165, 1.54) is 5.38 Å². The fraction of sp³-hybridized carbons (Fsp3) is 0.571. The molecule has 0 fully saturated rings. The highest BCUT2D eigenvalue weighted by molar-refractivity contribution is 7.87. The summed E-state index contributed by atoms with van der Waals surface area (Å²) in [6.45, 7) is 5.41. The van der Waals surface area contributed by atoms with E-state index in [1.54, 1.807) is 13.8 Å². The Kier molecular flexibility index (Phi) is 7.64. The molecule has 0 aliphatic carbocycles. The molecule has 0 spiro atoms. The molecule has 0 bridgehead atoms. The van der Waals surface area contributed by atoms with Crippen LogP contribution in [0.1, 0.15) is 42.4 Å². The van der Waals surface area contributed by atoms with E-state index in [9.17, 15) is 18.0 Å². The van der Waals surface area contributed by atoms with E-state index in [0.29, 0.717) is 22.8 Å². The Balaban J connectivity index is 3.15. The second-order valence-corrected chi connectivity index (χ2v) is 7.05. The molecule has 0 saturated carbocycles. The van der Waals surface area contributed by atoms with Crippen LogP contribution >= 0.6 is 11.3 Å². The number of hydrogen-bond donors (Lipinski definition) is 0. The molecule has 10 heteroatoms. The highest BCUT2D eigenvalue weighted by Gasteiger charge is 2.32. The maximum absolute atomic E-state index is 12.5. The van der Waals surface area contributed by atoms with Crippen LogP contribution in [0.15, 0.2) is 10.3 Å². The van der Waals surface area contributed by atoms with Crippen molar-refractivity contribution in [2.45, 2.75) is 38.5 Å². The summed E-state index contributed by atoms with van der Waals surface area (Å²) in [6.07, 6.45) is 0.0393. The molecule has 1 amide bonds. The monoisotopic (exact) mass is 379 g/mol. The first-order valence-corrected chi connectivity index (χ1v) is 9.69. The van der Waals surface area contributed by atoms with E-state index in [4.69, 9.17) is 9.02 Å². The average Bonchev–Trinajstić information content (AvgIpc) is 2.97. The Morgan fingerprint density at radius 2 is 1.88 bits per heavy atom. The summed E-state index contributed by atoms with van der Waals surface area (Å²) < 4.78 is 39.5. The fourth-order valence-corrected chi connectivity index (χ4v) is 4.40. The number of carbonyl (C=O) groups excluding carboxylic acids is 2. The van der Waals surface area contributed by atoms with Gasteiger partial charge in [0.05, 0.1) is 18.8 Å². The quantitative estimate of drug-likeness (QED) is 0.505. The van der Waals surface area contributed by atoms with Gasteiger partial charge in [0.15, 0.2) is 0 Å². The average molecular weight is 379 g/mol. The number of hydrogen-bond acceptors (Lipinski definition) is 8. The van der Waals surface area contributed by atoms with Crippen molar-refractivity contribution in [1.82, 2.24) is 5.06 Å². The van der Waals surface area contributed by atoms with Crippen LogP contribution in [0.25, 0.3) is 0 Å². The third-order valence-electron chi connectivity index (χ3n) is 2.78. The molecule has 1 aromatic heterocycles. The Morgan fingerprint density at radius 3 is 2.42 bits per heavy atom. The van der Waals surface area contributed by atoms with Crippen LogP contribution in [0.4, 0.5) is 4.79 Å². The lowest BCUT2D eigenvalue weighted by atomic mass is 10.3. The molecular weight excluding hydrogens is 358 g/mol. The first-order valence-electron chi connectivity index (χ1n) is 7.40. The molecular formula is C14H21NO7S2. The molecule has 1 rings (SSSR count). The van der Waals surface area contributed by atoms with Gasteiger partial charge < -0.3 is 9.47 Å².